The fourth-order valence-electron chi connectivity index (χ4n) is 3.39. The van der Waals surface area contributed by atoms with Crippen molar-refractivity contribution >= 4 is 0 Å². The lowest BCUT2D eigenvalue weighted by Gasteiger charge is -2.28. The highest BCUT2D eigenvalue weighted by atomic mass is 16.5. The highest BCUT2D eigenvalue weighted by Gasteiger charge is 2.24. The fraction of sp³-hybridized carbons (Fsp3) is 0.400. The minimum Gasteiger partial charge on any atom is -0.497 e. The van der Waals surface area contributed by atoms with Crippen LogP contribution in [0, 0.1) is 0 Å². The molecule has 1 atom stereocenters. The number of hydrogen-bond donors (Lipinski definition) is 1. The van der Waals surface area contributed by atoms with Crippen LogP contribution in [-0.4, -0.2) is 35.0 Å². The number of hydrogen-bond acceptors (Lipinski definition) is 5. The van der Waals surface area contributed by atoms with Crippen LogP contribution in [0.2, 0.25) is 0 Å². The Morgan fingerprint density at radius 1 is 0.880 bits per heavy atom. The lowest BCUT2D eigenvalue weighted by molar-refractivity contribution is 0.352. The molecule has 0 bridgehead atoms. The fourth-order valence-corrected chi connectivity index (χ4v) is 3.39. The van der Waals surface area contributed by atoms with E-state index in [1.54, 1.807) is 28.4 Å². The Kier molecular flexibility index (Phi) is 5.34. The molecule has 1 aliphatic rings. The van der Waals surface area contributed by atoms with Gasteiger partial charge >= 0.3 is 0 Å². The van der Waals surface area contributed by atoms with Gasteiger partial charge < -0.3 is 24.3 Å². The molecule has 2 aromatic rings. The van der Waals surface area contributed by atoms with Crippen LogP contribution in [0.15, 0.2) is 30.3 Å². The van der Waals surface area contributed by atoms with Gasteiger partial charge in [0.05, 0.1) is 28.4 Å². The second-order valence-corrected chi connectivity index (χ2v) is 6.04. The van der Waals surface area contributed by atoms with Gasteiger partial charge in [0.25, 0.3) is 0 Å². The summed E-state index contributed by atoms with van der Waals surface area (Å²) in [5.74, 6) is 3.18. The van der Waals surface area contributed by atoms with Gasteiger partial charge in [0.2, 0.25) is 0 Å². The first-order valence-corrected chi connectivity index (χ1v) is 8.39. The number of nitrogens with one attached hydrogen (secondary N) is 1. The van der Waals surface area contributed by atoms with Crippen LogP contribution in [0.3, 0.4) is 0 Å². The summed E-state index contributed by atoms with van der Waals surface area (Å²) in [5, 5.41) is 3.61. The normalized spacial score (nSPS) is 16.1. The summed E-state index contributed by atoms with van der Waals surface area (Å²) < 4.78 is 21.8. The summed E-state index contributed by atoms with van der Waals surface area (Å²) in [6, 6.07) is 10.3. The van der Waals surface area contributed by atoms with Crippen molar-refractivity contribution in [1.82, 2.24) is 5.32 Å². The summed E-state index contributed by atoms with van der Waals surface area (Å²) in [5.41, 5.74) is 3.69. The maximum absolute atomic E-state index is 5.55. The molecule has 0 spiro atoms. The molecular formula is C20H25NO4. The first-order chi connectivity index (χ1) is 12.2. The Bertz CT molecular complexity index is 745. The monoisotopic (exact) mass is 343 g/mol. The summed E-state index contributed by atoms with van der Waals surface area (Å²) in [6.45, 7) is 0.936. The van der Waals surface area contributed by atoms with E-state index in [-0.39, 0.29) is 6.04 Å². The first-order valence-electron chi connectivity index (χ1n) is 8.39. The quantitative estimate of drug-likeness (QED) is 0.873. The van der Waals surface area contributed by atoms with Crippen LogP contribution in [0.4, 0.5) is 0 Å². The van der Waals surface area contributed by atoms with Crippen molar-refractivity contribution in [3.63, 3.8) is 0 Å². The molecule has 1 N–H and O–H groups in total. The third-order valence-corrected chi connectivity index (χ3v) is 4.72. The third kappa shape index (κ3) is 3.51. The Morgan fingerprint density at radius 3 is 2.28 bits per heavy atom. The highest BCUT2D eigenvalue weighted by Crippen LogP contribution is 2.37. The zero-order chi connectivity index (χ0) is 17.8. The predicted octanol–water partition coefficient (Wildman–Crippen LogP) is 3.15. The van der Waals surface area contributed by atoms with Crippen LogP contribution < -0.4 is 24.3 Å². The van der Waals surface area contributed by atoms with E-state index in [1.165, 1.54) is 11.1 Å². The smallest absolute Gasteiger partial charge is 0.161 e. The Balaban J connectivity index is 1.93. The molecular weight excluding hydrogens is 318 g/mol. The van der Waals surface area contributed by atoms with Gasteiger partial charge in [-0.15, -0.1) is 0 Å². The Hall–Kier alpha value is -2.40. The van der Waals surface area contributed by atoms with Gasteiger partial charge in [0, 0.05) is 12.1 Å². The summed E-state index contributed by atoms with van der Waals surface area (Å²) >= 11 is 0. The molecule has 0 amide bonds. The molecule has 1 aliphatic heterocycles. The molecule has 0 aromatic heterocycles. The predicted molar refractivity (Wildman–Crippen MR) is 97.2 cm³/mol. The second kappa shape index (κ2) is 7.66. The van der Waals surface area contributed by atoms with Crippen molar-refractivity contribution < 1.29 is 18.9 Å². The summed E-state index contributed by atoms with van der Waals surface area (Å²) in [6.07, 6.45) is 1.81. The van der Waals surface area contributed by atoms with Crippen LogP contribution >= 0.6 is 0 Å². The Labute approximate surface area is 148 Å². The van der Waals surface area contributed by atoms with Crippen molar-refractivity contribution in [2.24, 2.45) is 0 Å². The average molecular weight is 343 g/mol. The van der Waals surface area contributed by atoms with Crippen molar-refractivity contribution in [2.75, 3.05) is 35.0 Å². The lowest BCUT2D eigenvalue weighted by atomic mass is 9.89. The molecule has 5 nitrogen and oxygen atoms in total. The van der Waals surface area contributed by atoms with Crippen LogP contribution in [0.25, 0.3) is 0 Å². The van der Waals surface area contributed by atoms with E-state index in [1.807, 2.05) is 12.1 Å². The van der Waals surface area contributed by atoms with E-state index in [0.717, 1.165) is 47.9 Å². The molecule has 1 heterocycles. The number of fused-ring (bicyclic) bond motifs is 1. The molecule has 2 aromatic carbocycles. The molecule has 0 saturated carbocycles. The van der Waals surface area contributed by atoms with Crippen LogP contribution in [0.1, 0.15) is 22.7 Å². The average Bonchev–Trinajstić information content (AvgIpc) is 2.67. The van der Waals surface area contributed by atoms with Gasteiger partial charge in [-0.25, -0.2) is 0 Å². The third-order valence-electron chi connectivity index (χ3n) is 4.72. The first kappa shape index (κ1) is 17.4. The Morgan fingerprint density at radius 2 is 1.60 bits per heavy atom. The zero-order valence-corrected chi connectivity index (χ0v) is 15.2. The van der Waals surface area contributed by atoms with Crippen molar-refractivity contribution in [3.8, 4) is 23.0 Å². The zero-order valence-electron chi connectivity index (χ0n) is 15.2. The molecule has 5 heteroatoms. The number of methoxy groups -OCH3 is 4. The molecule has 0 radical (unpaired) electrons. The van der Waals surface area contributed by atoms with Crippen molar-refractivity contribution in [2.45, 2.75) is 18.9 Å². The maximum Gasteiger partial charge on any atom is 0.161 e. The molecule has 0 unspecified atom stereocenters. The minimum atomic E-state index is 0.200. The van der Waals surface area contributed by atoms with Crippen LogP contribution in [0.5, 0.6) is 23.0 Å². The maximum atomic E-state index is 5.55. The topological polar surface area (TPSA) is 49.0 Å². The van der Waals surface area contributed by atoms with E-state index in [4.69, 9.17) is 18.9 Å². The largest absolute Gasteiger partial charge is 0.497 e. The SMILES string of the molecule is COc1ccc(C[C@@H]2NCCc3cc(OC)c(OC)cc32)c(OC)c1. The molecule has 25 heavy (non-hydrogen) atoms. The van der Waals surface area contributed by atoms with Gasteiger partial charge in [-0.1, -0.05) is 6.07 Å². The van der Waals surface area contributed by atoms with E-state index >= 15 is 0 Å². The minimum absolute atomic E-state index is 0.200. The van der Waals surface area contributed by atoms with Gasteiger partial charge in [-0.2, -0.15) is 0 Å². The van der Waals surface area contributed by atoms with Crippen molar-refractivity contribution in [3.05, 3.63) is 47.0 Å². The van der Waals surface area contributed by atoms with Gasteiger partial charge in [-0.3, -0.25) is 0 Å². The standard InChI is InChI=1S/C20H25NO4/c1-22-15-6-5-14(18(11-15)23-2)9-17-16-12-20(25-4)19(24-3)10-13(16)7-8-21-17/h5-6,10-12,17,21H,7-9H2,1-4H3/t17-/m0/s1. The van der Waals surface area contributed by atoms with E-state index in [9.17, 15) is 0 Å². The van der Waals surface area contributed by atoms with E-state index in [2.05, 4.69) is 23.5 Å². The van der Waals surface area contributed by atoms with Crippen LogP contribution in [-0.2, 0) is 12.8 Å². The molecule has 0 fully saturated rings. The van der Waals surface area contributed by atoms with Crippen molar-refractivity contribution in [1.29, 1.82) is 0 Å². The number of benzene rings is 2. The highest BCUT2D eigenvalue weighted by molar-refractivity contribution is 5.50. The molecule has 0 aliphatic carbocycles. The van der Waals surface area contributed by atoms with Gasteiger partial charge in [0.1, 0.15) is 11.5 Å². The van der Waals surface area contributed by atoms with Gasteiger partial charge in [-0.05, 0) is 54.3 Å². The summed E-state index contributed by atoms with van der Waals surface area (Å²) in [7, 11) is 6.69. The van der Waals surface area contributed by atoms with Gasteiger partial charge in [0.15, 0.2) is 11.5 Å². The number of ether oxygens (including phenoxy) is 4. The summed E-state index contributed by atoms with van der Waals surface area (Å²) in [4.78, 5) is 0. The molecule has 134 valence electrons. The lowest BCUT2D eigenvalue weighted by Crippen LogP contribution is -2.31. The molecule has 0 saturated heterocycles. The second-order valence-electron chi connectivity index (χ2n) is 6.04. The number of rotatable bonds is 6. The van der Waals surface area contributed by atoms with E-state index in [0.29, 0.717) is 0 Å². The van der Waals surface area contributed by atoms with E-state index < -0.39 is 0 Å². The molecule has 3 rings (SSSR count).